The smallest absolute Gasteiger partial charge is 0.235 e. The molecule has 8 heteroatoms. The molecule has 0 amide bonds. The molecule has 1 aromatic heterocycles. The SMILES string of the molecule is CCCCCCCCCCCCCCCCn1c(-c2cc(O)c(O)c(O)c2)c(O)c(=O)c2c(O)cc(O)cc21. The fourth-order valence-electron chi connectivity index (χ4n) is 5.25. The third-order valence-corrected chi connectivity index (χ3v) is 7.39. The van der Waals surface area contributed by atoms with Gasteiger partial charge in [0.25, 0.3) is 0 Å². The first-order valence-electron chi connectivity index (χ1n) is 14.3. The number of rotatable bonds is 16. The van der Waals surface area contributed by atoms with Crippen LogP contribution >= 0.6 is 0 Å². The highest BCUT2D eigenvalue weighted by atomic mass is 16.3. The van der Waals surface area contributed by atoms with Gasteiger partial charge >= 0.3 is 0 Å². The highest BCUT2D eigenvalue weighted by Crippen LogP contribution is 2.42. The zero-order valence-electron chi connectivity index (χ0n) is 23.0. The average molecular weight is 542 g/mol. The van der Waals surface area contributed by atoms with Crippen LogP contribution in [0.3, 0.4) is 0 Å². The Balaban J connectivity index is 1.66. The highest BCUT2D eigenvalue weighted by Gasteiger charge is 2.22. The zero-order chi connectivity index (χ0) is 28.4. The second-order valence-electron chi connectivity index (χ2n) is 10.5. The first-order valence-corrected chi connectivity index (χ1v) is 14.3. The predicted octanol–water partition coefficient (Wildman–Crippen LogP) is 7.38. The molecule has 6 N–H and O–H groups in total. The minimum Gasteiger partial charge on any atom is -0.508 e. The van der Waals surface area contributed by atoms with Gasteiger partial charge in [-0.25, -0.2) is 0 Å². The Bertz CT molecular complexity index is 1280. The molecule has 214 valence electrons. The Hall–Kier alpha value is -3.55. The number of aryl methyl sites for hydroxylation is 1. The Labute approximate surface area is 229 Å². The van der Waals surface area contributed by atoms with Gasteiger partial charge in [-0.1, -0.05) is 90.4 Å². The van der Waals surface area contributed by atoms with Gasteiger partial charge in [-0.05, 0) is 18.6 Å². The van der Waals surface area contributed by atoms with Gasteiger partial charge in [-0.15, -0.1) is 0 Å². The maximum absolute atomic E-state index is 13.0. The molecule has 3 rings (SSSR count). The molecule has 1 heterocycles. The van der Waals surface area contributed by atoms with Crippen LogP contribution in [0, 0.1) is 0 Å². The topological polar surface area (TPSA) is 143 Å². The maximum atomic E-state index is 13.0. The van der Waals surface area contributed by atoms with E-state index in [-0.39, 0.29) is 27.9 Å². The van der Waals surface area contributed by atoms with Crippen LogP contribution in [0.4, 0.5) is 0 Å². The summed E-state index contributed by atoms with van der Waals surface area (Å²) in [6.07, 6.45) is 16.8. The van der Waals surface area contributed by atoms with Crippen molar-refractivity contribution < 1.29 is 30.6 Å². The first-order chi connectivity index (χ1) is 18.8. The summed E-state index contributed by atoms with van der Waals surface area (Å²) < 4.78 is 1.59. The Kier molecular flexibility index (Phi) is 11.2. The maximum Gasteiger partial charge on any atom is 0.235 e. The lowest BCUT2D eigenvalue weighted by atomic mass is 10.0. The third-order valence-electron chi connectivity index (χ3n) is 7.39. The van der Waals surface area contributed by atoms with Crippen molar-refractivity contribution in [1.82, 2.24) is 4.57 Å². The number of phenols is 5. The molecule has 0 spiro atoms. The van der Waals surface area contributed by atoms with Gasteiger partial charge in [-0.2, -0.15) is 0 Å². The molecule has 0 aliphatic rings. The number of hydrogen-bond acceptors (Lipinski definition) is 7. The molecule has 0 unspecified atom stereocenters. The number of aromatic nitrogens is 1. The van der Waals surface area contributed by atoms with Crippen molar-refractivity contribution in [3.63, 3.8) is 0 Å². The number of nitrogens with zero attached hydrogens (tertiary/aromatic N) is 1. The Morgan fingerprint density at radius 3 is 1.59 bits per heavy atom. The third kappa shape index (κ3) is 7.74. The van der Waals surface area contributed by atoms with E-state index in [2.05, 4.69) is 6.92 Å². The van der Waals surface area contributed by atoms with Crippen molar-refractivity contribution in [2.45, 2.75) is 103 Å². The van der Waals surface area contributed by atoms with E-state index in [1.807, 2.05) is 0 Å². The van der Waals surface area contributed by atoms with Crippen LogP contribution in [0.15, 0.2) is 29.1 Å². The van der Waals surface area contributed by atoms with Crippen LogP contribution in [-0.2, 0) is 6.54 Å². The summed E-state index contributed by atoms with van der Waals surface area (Å²) in [5.74, 6) is -3.31. The van der Waals surface area contributed by atoms with Crippen molar-refractivity contribution in [2.75, 3.05) is 0 Å². The summed E-state index contributed by atoms with van der Waals surface area (Å²) in [6, 6.07) is 4.65. The van der Waals surface area contributed by atoms with Gasteiger partial charge in [0, 0.05) is 24.2 Å². The quantitative estimate of drug-likeness (QED) is 0.0820. The van der Waals surface area contributed by atoms with E-state index in [1.54, 1.807) is 4.57 Å². The van der Waals surface area contributed by atoms with Crippen LogP contribution in [-0.4, -0.2) is 35.2 Å². The fourth-order valence-corrected chi connectivity index (χ4v) is 5.25. The standard InChI is InChI=1S/C31H43NO7/c1-2-3-4-5-6-7-8-9-10-11-12-13-14-15-16-32-23-19-22(33)20-24(34)27(23)30(38)31(39)28(32)21-17-25(35)29(37)26(36)18-21/h17-20,33-37,39H,2-16H2,1H3. The Morgan fingerprint density at radius 2 is 1.08 bits per heavy atom. The van der Waals surface area contributed by atoms with Gasteiger partial charge in [0.2, 0.25) is 5.43 Å². The van der Waals surface area contributed by atoms with Gasteiger partial charge in [0.15, 0.2) is 23.0 Å². The molecule has 0 radical (unpaired) electrons. The number of aromatic hydroxyl groups is 6. The zero-order valence-corrected chi connectivity index (χ0v) is 23.0. The Morgan fingerprint density at radius 1 is 0.590 bits per heavy atom. The van der Waals surface area contributed by atoms with E-state index in [9.17, 15) is 35.4 Å². The molecular formula is C31H43NO7. The number of hydrogen-bond donors (Lipinski definition) is 6. The van der Waals surface area contributed by atoms with Gasteiger partial charge in [-0.3, -0.25) is 4.79 Å². The van der Waals surface area contributed by atoms with Crippen LogP contribution in [0.2, 0.25) is 0 Å². The van der Waals surface area contributed by atoms with Gasteiger partial charge in [0.05, 0.1) is 16.6 Å². The molecule has 0 saturated heterocycles. The van der Waals surface area contributed by atoms with Crippen molar-refractivity contribution in [1.29, 1.82) is 0 Å². The summed E-state index contributed by atoms with van der Waals surface area (Å²) in [7, 11) is 0. The summed E-state index contributed by atoms with van der Waals surface area (Å²) >= 11 is 0. The highest BCUT2D eigenvalue weighted by molar-refractivity contribution is 5.91. The van der Waals surface area contributed by atoms with Crippen molar-refractivity contribution in [3.05, 3.63) is 34.5 Å². The molecule has 0 aliphatic carbocycles. The molecule has 3 aromatic rings. The molecule has 8 nitrogen and oxygen atoms in total. The lowest BCUT2D eigenvalue weighted by Crippen LogP contribution is -2.13. The molecular weight excluding hydrogens is 498 g/mol. The van der Waals surface area contributed by atoms with Gasteiger partial charge in [0.1, 0.15) is 11.5 Å². The average Bonchev–Trinajstić information content (AvgIpc) is 2.89. The number of phenolic OH excluding ortho intramolecular Hbond substituents is 5. The second kappa shape index (κ2) is 14.6. The molecule has 39 heavy (non-hydrogen) atoms. The minimum absolute atomic E-state index is 0.0118. The van der Waals surface area contributed by atoms with Crippen molar-refractivity contribution in [2.24, 2.45) is 0 Å². The molecule has 2 aromatic carbocycles. The summed E-state index contributed by atoms with van der Waals surface area (Å²) in [6.45, 7) is 2.59. The first kappa shape index (κ1) is 30.0. The second-order valence-corrected chi connectivity index (χ2v) is 10.5. The van der Waals surface area contributed by atoms with Crippen LogP contribution in [0.5, 0.6) is 34.5 Å². The molecule has 0 saturated carbocycles. The lowest BCUT2D eigenvalue weighted by Gasteiger charge is -2.20. The van der Waals surface area contributed by atoms with Gasteiger partial charge < -0.3 is 35.2 Å². The van der Waals surface area contributed by atoms with Crippen LogP contribution < -0.4 is 5.43 Å². The minimum atomic E-state index is -0.846. The molecule has 0 bridgehead atoms. The summed E-state index contributed by atoms with van der Waals surface area (Å²) in [5.41, 5.74) is -0.515. The summed E-state index contributed by atoms with van der Waals surface area (Å²) in [5, 5.41) is 61.1. The van der Waals surface area contributed by atoms with E-state index in [0.29, 0.717) is 13.0 Å². The number of pyridine rings is 1. The van der Waals surface area contributed by atoms with Crippen LogP contribution in [0.25, 0.3) is 22.2 Å². The number of benzene rings is 2. The van der Waals surface area contributed by atoms with E-state index in [1.165, 1.54) is 70.3 Å². The largest absolute Gasteiger partial charge is 0.508 e. The van der Waals surface area contributed by atoms with Crippen LogP contribution in [0.1, 0.15) is 96.8 Å². The van der Waals surface area contributed by atoms with E-state index < -0.39 is 34.2 Å². The van der Waals surface area contributed by atoms with E-state index in [0.717, 1.165) is 37.5 Å². The van der Waals surface area contributed by atoms with E-state index >= 15 is 0 Å². The van der Waals surface area contributed by atoms with Crippen molar-refractivity contribution >= 4 is 10.9 Å². The predicted molar refractivity (Wildman–Crippen MR) is 154 cm³/mol. The molecule has 0 fully saturated rings. The lowest BCUT2D eigenvalue weighted by molar-refractivity contribution is 0.368. The summed E-state index contributed by atoms with van der Waals surface area (Å²) in [4.78, 5) is 13.0. The van der Waals surface area contributed by atoms with Crippen molar-refractivity contribution in [3.8, 4) is 45.8 Å². The fraction of sp³-hybridized carbons (Fsp3) is 0.516. The monoisotopic (exact) mass is 541 g/mol. The number of fused-ring (bicyclic) bond motifs is 1. The number of unbranched alkanes of at least 4 members (excludes halogenated alkanes) is 13. The normalized spacial score (nSPS) is 11.4. The molecule has 0 aliphatic heterocycles. The molecule has 0 atom stereocenters. The van der Waals surface area contributed by atoms with E-state index in [4.69, 9.17) is 0 Å².